The maximum atomic E-state index is 13.9. The second kappa shape index (κ2) is 13.8. The highest BCUT2D eigenvalue weighted by Crippen LogP contribution is 2.71. The Hall–Kier alpha value is -2.87. The van der Waals surface area contributed by atoms with Gasteiger partial charge in [-0.3, -0.25) is 0 Å². The summed E-state index contributed by atoms with van der Waals surface area (Å²) in [5.74, 6) is -180. The molecule has 0 fully saturated rings. The van der Waals surface area contributed by atoms with Gasteiger partial charge < -0.3 is 0 Å². The molecule has 0 nitrogen and oxygen atoms in total. The smallest absolute Gasteiger partial charge is 0.192 e. The molecule has 0 aromatic carbocycles. The van der Waals surface area contributed by atoms with E-state index >= 15 is 0 Å². The van der Waals surface area contributed by atoms with Crippen LogP contribution in [0.25, 0.3) is 0 Å². The van der Waals surface area contributed by atoms with Gasteiger partial charge in [-0.05, 0) is 0 Å². The van der Waals surface area contributed by atoms with Crippen LogP contribution >= 0.6 is 0 Å². The highest BCUT2D eigenvalue weighted by Gasteiger charge is 3.03. The van der Waals surface area contributed by atoms with Crippen molar-refractivity contribution >= 4 is 0 Å². The molecule has 0 rings (SSSR count). The fourth-order valence-corrected chi connectivity index (χ4v) is 3.45. The fraction of sp³-hybridized carbons (Fsp3) is 0.950. The minimum Gasteiger partial charge on any atom is -0.192 e. The van der Waals surface area contributed by atoms with Gasteiger partial charge >= 0.3 is 119 Å². The molecule has 0 saturated carbocycles. The Kier molecular flexibility index (Phi) is 13.2. The summed E-state index contributed by atoms with van der Waals surface area (Å²) < 4.78 is 548. The molecule has 0 N–H and O–H groups in total. The van der Waals surface area contributed by atoms with E-state index in [1.165, 1.54) is 0 Å². The summed E-state index contributed by atoms with van der Waals surface area (Å²) in [5, 5.41) is 0. The number of alkyl halides is 39. The molecule has 0 aromatic rings. The van der Waals surface area contributed by atoms with Crippen LogP contribution < -0.4 is 0 Å². The van der Waals surface area contributed by atoms with E-state index in [9.17, 15) is 180 Å². The van der Waals surface area contributed by atoms with Gasteiger partial charge in [0.2, 0.25) is 0 Å². The van der Waals surface area contributed by atoms with E-state index in [1.807, 2.05) is 0 Å². The second-order valence-corrected chi connectivity index (χ2v) is 11.1. The van der Waals surface area contributed by atoms with E-state index in [-0.39, 0.29) is 0 Å². The first-order chi connectivity index (χ1) is 25.4. The summed E-state index contributed by atoms with van der Waals surface area (Å²) in [6.45, 7) is 0. The Balaban J connectivity index is 7.95. The molecule has 0 saturated heterocycles. The number of halogens is 41. The summed E-state index contributed by atoms with van der Waals surface area (Å²) in [5.41, 5.74) is 0. The van der Waals surface area contributed by atoms with Crippen molar-refractivity contribution in [3.8, 4) is 0 Å². The van der Waals surface area contributed by atoms with Gasteiger partial charge in [0.15, 0.2) is 0 Å². The molecule has 0 heterocycles. The van der Waals surface area contributed by atoms with Crippen LogP contribution in [0.2, 0.25) is 0 Å². The molecule has 0 amide bonds. The molecule has 41 heteroatoms. The quantitative estimate of drug-likeness (QED) is 0.120. The first-order valence-electron chi connectivity index (χ1n) is 12.5. The van der Waals surface area contributed by atoms with Crippen molar-refractivity contribution in [3.05, 3.63) is 6.43 Å². The first-order valence-corrected chi connectivity index (χ1v) is 12.5. The van der Waals surface area contributed by atoms with Gasteiger partial charge in [0.05, 0.1) is 0 Å². The summed E-state index contributed by atoms with van der Waals surface area (Å²) in [7, 11) is 0. The molecular formula is C20F41. The minimum atomic E-state index is -10.6. The molecule has 0 aliphatic rings. The van der Waals surface area contributed by atoms with Crippen molar-refractivity contribution in [2.75, 3.05) is 0 Å². The normalized spacial score (nSPS) is 17.4. The van der Waals surface area contributed by atoms with Crippen LogP contribution in [0, 0.1) is 6.43 Å². The van der Waals surface area contributed by atoms with Gasteiger partial charge in [-0.2, -0.15) is 180 Å². The Morgan fingerprint density at radius 2 is 0.246 bits per heavy atom. The van der Waals surface area contributed by atoms with Crippen LogP contribution in [-0.2, 0) is 0 Å². The molecule has 367 valence electrons. The van der Waals surface area contributed by atoms with Gasteiger partial charge in [0, 0.05) is 0 Å². The van der Waals surface area contributed by atoms with Gasteiger partial charge in [-0.25, -0.2) is 0 Å². The molecule has 61 heavy (non-hydrogen) atoms. The van der Waals surface area contributed by atoms with E-state index in [0.717, 1.165) is 0 Å². The van der Waals surface area contributed by atoms with E-state index in [2.05, 4.69) is 0 Å². The Labute approximate surface area is 300 Å². The highest BCUT2D eigenvalue weighted by molar-refractivity contribution is 5.23. The zero-order chi connectivity index (χ0) is 51.1. The predicted octanol–water partition coefficient (Wildman–Crippen LogP) is 13.4. The zero-order valence-electron chi connectivity index (χ0n) is 25.5. The standard InChI is InChI=1S/C20F41/c21-1(22)2(23,24)3(25,26)4(27,28)5(29,30)6(31,32)7(33,34)8(35,36)9(37,38)10(39,40)11(41,42)12(43,44)13(45,46)14(47,48)15(49,50)16(51,52)17(53,54)18(55,56)19(57,58)20(59,60)61. The van der Waals surface area contributed by atoms with Crippen molar-refractivity contribution in [1.82, 2.24) is 0 Å². The summed E-state index contributed by atoms with van der Waals surface area (Å²) in [6, 6.07) is 0. The molecule has 0 unspecified atom stereocenters. The summed E-state index contributed by atoms with van der Waals surface area (Å²) >= 11 is 0. The Bertz CT molecular complexity index is 1580. The van der Waals surface area contributed by atoms with Crippen LogP contribution in [0.5, 0.6) is 0 Å². The molecule has 0 bridgehead atoms. The zero-order valence-corrected chi connectivity index (χ0v) is 25.5. The van der Waals surface area contributed by atoms with Crippen molar-refractivity contribution in [2.24, 2.45) is 0 Å². The van der Waals surface area contributed by atoms with Crippen LogP contribution in [0.1, 0.15) is 0 Å². The molecule has 1 radical (unpaired) electrons. The van der Waals surface area contributed by atoms with Gasteiger partial charge in [-0.1, -0.05) is 0 Å². The fourth-order valence-electron chi connectivity index (χ4n) is 3.45. The molecule has 0 atom stereocenters. The molecule has 0 aliphatic carbocycles. The van der Waals surface area contributed by atoms with Crippen LogP contribution in [0.3, 0.4) is 0 Å². The maximum absolute atomic E-state index is 13.9. The average Bonchev–Trinajstić information content (AvgIpc) is 3.02. The largest absolute Gasteiger partial charge is 0.460 e. The Morgan fingerprint density at radius 1 is 0.148 bits per heavy atom. The summed E-state index contributed by atoms with van der Waals surface area (Å²) in [6.07, 6.45) is -14.2. The third-order valence-electron chi connectivity index (χ3n) is 7.30. The first kappa shape index (κ1) is 58.1. The minimum absolute atomic E-state index is 5.68. The van der Waals surface area contributed by atoms with E-state index in [0.29, 0.717) is 0 Å². The molecule has 0 spiro atoms. The average molecular weight is 1020 g/mol. The van der Waals surface area contributed by atoms with E-state index in [1.54, 1.807) is 0 Å². The monoisotopic (exact) mass is 1020 g/mol. The van der Waals surface area contributed by atoms with Crippen LogP contribution in [-0.4, -0.2) is 113 Å². The number of rotatable bonds is 18. The van der Waals surface area contributed by atoms with Crippen molar-refractivity contribution < 1.29 is 180 Å². The lowest BCUT2D eigenvalue weighted by Gasteiger charge is -2.47. The molecule has 0 aromatic heterocycles. The van der Waals surface area contributed by atoms with Crippen LogP contribution in [0.4, 0.5) is 180 Å². The van der Waals surface area contributed by atoms with Crippen molar-refractivity contribution in [1.29, 1.82) is 0 Å². The SMILES string of the molecule is F[C](F)C(F)(F)C(F)(F)C(F)(F)C(F)(F)C(F)(F)C(F)(F)C(F)(F)C(F)(F)C(F)(F)C(F)(F)C(F)(F)C(F)(F)C(F)(F)C(F)(F)C(F)(F)C(F)(F)C(F)(F)C(F)(F)C(F)(F)F. The highest BCUT2D eigenvalue weighted by atomic mass is 19.4. The lowest BCUT2D eigenvalue weighted by atomic mass is 9.82. The second-order valence-electron chi connectivity index (χ2n) is 11.1. The van der Waals surface area contributed by atoms with Gasteiger partial charge in [0.25, 0.3) is 0 Å². The number of hydrogen-bond donors (Lipinski definition) is 0. The van der Waals surface area contributed by atoms with E-state index in [4.69, 9.17) is 0 Å². The third kappa shape index (κ3) is 6.37. The van der Waals surface area contributed by atoms with Gasteiger partial charge in [0.1, 0.15) is 0 Å². The summed E-state index contributed by atoms with van der Waals surface area (Å²) in [4.78, 5) is 0. The lowest BCUT2D eigenvalue weighted by Crippen LogP contribution is -2.80. The maximum Gasteiger partial charge on any atom is 0.460 e. The van der Waals surface area contributed by atoms with Crippen LogP contribution in [0.15, 0.2) is 0 Å². The number of hydrogen-bond acceptors (Lipinski definition) is 0. The van der Waals surface area contributed by atoms with E-state index < -0.39 is 119 Å². The topological polar surface area (TPSA) is 0 Å². The lowest BCUT2D eigenvalue weighted by molar-refractivity contribution is -0.494. The molecule has 0 aliphatic heterocycles. The molecular weight excluding hydrogens is 1020 g/mol. The third-order valence-corrected chi connectivity index (χ3v) is 7.30. The van der Waals surface area contributed by atoms with Crippen molar-refractivity contribution in [3.63, 3.8) is 0 Å². The predicted molar refractivity (Wildman–Crippen MR) is 101 cm³/mol. The Morgan fingerprint density at radius 3 is 0.344 bits per heavy atom. The van der Waals surface area contributed by atoms with Crippen molar-refractivity contribution in [2.45, 2.75) is 113 Å². The van der Waals surface area contributed by atoms with Gasteiger partial charge in [-0.15, -0.1) is 0 Å².